The first-order valence-corrected chi connectivity index (χ1v) is 6.99. The number of hydrogen-bond acceptors (Lipinski definition) is 4. The molecule has 0 aliphatic heterocycles. The van der Waals surface area contributed by atoms with E-state index in [1.807, 2.05) is 0 Å². The summed E-state index contributed by atoms with van der Waals surface area (Å²) >= 11 is 0. The number of hydrogen-bond donors (Lipinski definition) is 2. The van der Waals surface area contributed by atoms with Crippen molar-refractivity contribution in [3.05, 3.63) is 12.5 Å². The molecule has 7 nitrogen and oxygen atoms in total. The fourth-order valence-corrected chi connectivity index (χ4v) is 3.23. The molecule has 1 aliphatic carbocycles. The number of aryl methyl sites for hydroxylation is 1. The quantitative estimate of drug-likeness (QED) is 0.783. The highest BCUT2D eigenvalue weighted by Crippen LogP contribution is 2.40. The van der Waals surface area contributed by atoms with E-state index in [1.54, 1.807) is 7.05 Å². The van der Waals surface area contributed by atoms with Crippen LogP contribution in [0.25, 0.3) is 0 Å². The third-order valence-corrected chi connectivity index (χ3v) is 4.60. The molecule has 1 heterocycles. The van der Waals surface area contributed by atoms with Gasteiger partial charge in [-0.25, -0.2) is 13.4 Å². The van der Waals surface area contributed by atoms with Crippen LogP contribution < -0.4 is 4.72 Å². The summed E-state index contributed by atoms with van der Waals surface area (Å²) in [7, 11) is -2.27. The van der Waals surface area contributed by atoms with Crippen LogP contribution in [0.15, 0.2) is 17.6 Å². The molecule has 2 rings (SSSR count). The highest BCUT2D eigenvalue weighted by atomic mass is 32.2. The molecular weight excluding hydrogens is 258 g/mol. The van der Waals surface area contributed by atoms with Crippen LogP contribution in [-0.2, 0) is 21.9 Å². The Hall–Kier alpha value is -1.41. The number of carbonyl (C=O) groups is 1. The molecule has 1 aliphatic rings. The van der Waals surface area contributed by atoms with Crippen LogP contribution in [0.5, 0.6) is 0 Å². The zero-order chi connectivity index (χ0) is 13.6. The van der Waals surface area contributed by atoms with Crippen molar-refractivity contribution < 1.29 is 18.3 Å². The summed E-state index contributed by atoms with van der Waals surface area (Å²) in [5, 5.41) is 9.04. The molecule has 1 unspecified atom stereocenters. The molecule has 2 N–H and O–H groups in total. The van der Waals surface area contributed by atoms with Crippen molar-refractivity contribution in [1.29, 1.82) is 0 Å². The fraction of sp³-hybridized carbons (Fsp3) is 0.600. The minimum Gasteiger partial charge on any atom is -0.480 e. The molecule has 0 amide bonds. The van der Waals surface area contributed by atoms with Crippen LogP contribution in [0.3, 0.4) is 0 Å². The third-order valence-electron chi connectivity index (χ3n) is 3.14. The Morgan fingerprint density at radius 2 is 2.22 bits per heavy atom. The molecular formula is C10H15N3O4S. The summed E-state index contributed by atoms with van der Waals surface area (Å²) in [5.74, 6) is -1.32. The van der Waals surface area contributed by atoms with Crippen molar-refractivity contribution in [2.45, 2.75) is 30.3 Å². The van der Waals surface area contributed by atoms with E-state index < -0.39 is 21.5 Å². The molecule has 0 aromatic carbocycles. The van der Waals surface area contributed by atoms with Crippen molar-refractivity contribution >= 4 is 16.0 Å². The topological polar surface area (TPSA) is 101 Å². The number of nitrogens with one attached hydrogen (secondary N) is 1. The lowest BCUT2D eigenvalue weighted by Crippen LogP contribution is -2.53. The molecule has 1 atom stereocenters. The van der Waals surface area contributed by atoms with E-state index in [0.717, 1.165) is 0 Å². The number of carboxylic acid groups (broad SMARTS) is 1. The predicted molar refractivity (Wildman–Crippen MR) is 62.3 cm³/mol. The van der Waals surface area contributed by atoms with E-state index in [1.165, 1.54) is 24.0 Å². The standard InChI is InChI=1S/C10H15N3O4S/c1-10(9(14)15,7-3-4-7)12-18(16,17)8-5-13(2)6-11-8/h5-7,12H,3-4H2,1-2H3,(H,14,15). The third kappa shape index (κ3) is 2.25. The van der Waals surface area contributed by atoms with Crippen LogP contribution in [0.1, 0.15) is 19.8 Å². The molecule has 100 valence electrons. The average molecular weight is 273 g/mol. The molecule has 0 saturated heterocycles. The van der Waals surface area contributed by atoms with Crippen LogP contribution in [0, 0.1) is 5.92 Å². The van der Waals surface area contributed by atoms with Gasteiger partial charge in [-0.1, -0.05) is 0 Å². The van der Waals surface area contributed by atoms with Gasteiger partial charge in [-0.3, -0.25) is 4.79 Å². The average Bonchev–Trinajstić information content (AvgIpc) is 3.01. The molecule has 0 radical (unpaired) electrons. The molecule has 8 heteroatoms. The summed E-state index contributed by atoms with van der Waals surface area (Å²) < 4.78 is 27.8. The normalized spacial score (nSPS) is 19.4. The largest absolute Gasteiger partial charge is 0.480 e. The predicted octanol–water partition coefficient (Wildman–Crippen LogP) is -0.0483. The molecule has 18 heavy (non-hydrogen) atoms. The summed E-state index contributed by atoms with van der Waals surface area (Å²) in [5.41, 5.74) is -1.46. The van der Waals surface area contributed by atoms with Gasteiger partial charge in [0.1, 0.15) is 5.54 Å². The van der Waals surface area contributed by atoms with Crippen molar-refractivity contribution in [3.8, 4) is 0 Å². The van der Waals surface area contributed by atoms with Crippen LogP contribution in [0.2, 0.25) is 0 Å². The van der Waals surface area contributed by atoms with Gasteiger partial charge in [-0.05, 0) is 25.7 Å². The van der Waals surface area contributed by atoms with Gasteiger partial charge in [0.05, 0.1) is 6.33 Å². The van der Waals surface area contributed by atoms with Crippen molar-refractivity contribution in [1.82, 2.24) is 14.3 Å². The van der Waals surface area contributed by atoms with Crippen molar-refractivity contribution in [2.24, 2.45) is 13.0 Å². The first-order valence-electron chi connectivity index (χ1n) is 5.51. The highest BCUT2D eigenvalue weighted by Gasteiger charge is 2.50. The van der Waals surface area contributed by atoms with Gasteiger partial charge < -0.3 is 9.67 Å². The van der Waals surface area contributed by atoms with Gasteiger partial charge in [0, 0.05) is 13.2 Å². The van der Waals surface area contributed by atoms with Gasteiger partial charge in [0.2, 0.25) is 0 Å². The molecule has 1 aromatic rings. The first-order chi connectivity index (χ1) is 8.25. The maximum absolute atomic E-state index is 12.0. The number of sulfonamides is 1. The van der Waals surface area contributed by atoms with E-state index >= 15 is 0 Å². The Morgan fingerprint density at radius 1 is 1.61 bits per heavy atom. The van der Waals surface area contributed by atoms with Crippen molar-refractivity contribution in [2.75, 3.05) is 0 Å². The lowest BCUT2D eigenvalue weighted by molar-refractivity contribution is -0.144. The molecule has 1 saturated carbocycles. The maximum atomic E-state index is 12.0. The number of aliphatic carboxylic acids is 1. The number of aromatic nitrogens is 2. The van der Waals surface area contributed by atoms with Gasteiger partial charge >= 0.3 is 5.97 Å². The zero-order valence-corrected chi connectivity index (χ0v) is 10.9. The number of nitrogens with zero attached hydrogens (tertiary/aromatic N) is 2. The smallest absolute Gasteiger partial charge is 0.324 e. The molecule has 0 spiro atoms. The van der Waals surface area contributed by atoms with Crippen LogP contribution in [-0.4, -0.2) is 34.6 Å². The lowest BCUT2D eigenvalue weighted by Gasteiger charge is -2.25. The molecule has 1 fully saturated rings. The Balaban J connectivity index is 2.29. The zero-order valence-electron chi connectivity index (χ0n) is 10.1. The summed E-state index contributed by atoms with van der Waals surface area (Å²) in [6.07, 6.45) is 4.11. The second-order valence-electron chi connectivity index (χ2n) is 4.76. The van der Waals surface area contributed by atoms with Gasteiger partial charge in [0.15, 0.2) is 5.03 Å². The van der Waals surface area contributed by atoms with E-state index in [2.05, 4.69) is 9.71 Å². The van der Waals surface area contributed by atoms with E-state index in [9.17, 15) is 18.3 Å². The highest BCUT2D eigenvalue weighted by molar-refractivity contribution is 7.89. The number of carboxylic acids is 1. The maximum Gasteiger partial charge on any atom is 0.324 e. The summed E-state index contributed by atoms with van der Waals surface area (Å²) in [6, 6.07) is 0. The lowest BCUT2D eigenvalue weighted by atomic mass is 9.98. The minimum atomic E-state index is -3.91. The van der Waals surface area contributed by atoms with Gasteiger partial charge in [-0.15, -0.1) is 0 Å². The van der Waals surface area contributed by atoms with E-state index in [4.69, 9.17) is 0 Å². The first kappa shape index (κ1) is 13.0. The fourth-order valence-electron chi connectivity index (χ4n) is 1.82. The SMILES string of the molecule is Cn1cnc(S(=O)(=O)NC(C)(C(=O)O)C2CC2)c1. The Labute approximate surface area is 105 Å². The van der Waals surface area contributed by atoms with Crippen LogP contribution >= 0.6 is 0 Å². The van der Waals surface area contributed by atoms with Crippen LogP contribution in [0.4, 0.5) is 0 Å². The molecule has 0 bridgehead atoms. The van der Waals surface area contributed by atoms with E-state index in [-0.39, 0.29) is 10.9 Å². The summed E-state index contributed by atoms with van der Waals surface area (Å²) in [4.78, 5) is 15.0. The monoisotopic (exact) mass is 273 g/mol. The Kier molecular flexibility index (Phi) is 2.94. The van der Waals surface area contributed by atoms with Gasteiger partial charge in [-0.2, -0.15) is 4.72 Å². The van der Waals surface area contributed by atoms with E-state index in [0.29, 0.717) is 12.8 Å². The number of rotatable bonds is 5. The van der Waals surface area contributed by atoms with Gasteiger partial charge in [0.25, 0.3) is 10.0 Å². The Morgan fingerprint density at radius 3 is 2.61 bits per heavy atom. The summed E-state index contributed by atoms with van der Waals surface area (Å²) in [6.45, 7) is 1.40. The second-order valence-corrected chi connectivity index (χ2v) is 6.39. The van der Waals surface area contributed by atoms with Crippen molar-refractivity contribution in [3.63, 3.8) is 0 Å². The second kappa shape index (κ2) is 4.06. The number of imidazole rings is 1. The molecule has 1 aromatic heterocycles. The Bertz CT molecular complexity index is 576. The minimum absolute atomic E-state index is 0.159.